The fraction of sp³-hybridized carbons (Fsp3) is 0.328. The number of carbonyl (C=O) groups excluding carboxylic acids is 1. The van der Waals surface area contributed by atoms with Gasteiger partial charge in [0.15, 0.2) is 0 Å². The third-order valence-corrected chi connectivity index (χ3v) is 19.7. The number of nitrogen functional groups attached to an aromatic ring is 1. The second-order valence-electron chi connectivity index (χ2n) is 21.0. The van der Waals surface area contributed by atoms with Gasteiger partial charge in [0.2, 0.25) is 16.2 Å². The summed E-state index contributed by atoms with van der Waals surface area (Å²) in [6.07, 6.45) is 12.6. The van der Waals surface area contributed by atoms with E-state index in [0.29, 0.717) is 38.3 Å². The number of hydrogen-bond acceptors (Lipinski definition) is 18. The zero-order valence-corrected chi connectivity index (χ0v) is 66.0. The largest absolute Gasteiger partial charge is 0.399 e. The third-order valence-electron chi connectivity index (χ3n) is 14.8. The standard InChI is InChI=1S/C31H32N8O3S2.C20H22N4.C10H12N4O2S2.4Y/c1-5-25-35-36-31(43-25)37-44(41,42)23-8-6-22(7-9-23)16-26(40)38-10-12-39(13-11-38)30-28-24(17-32-29(28)33-18-34-30)27-20(3)14-19(2)15-21(27)4;1-13-9-14(2)17(15(3)10-13)16-11-21-19-18(16)20(23-12-22-19)24-7-5-4-6-8-24;1-2-9-12-13-10(17-9)14-18(15,16)8-5-3-7(11)4-6-8;;;;/h6-9,17-18H,5,10-13,16H2,1-4H3,(H,36,37)(H,32,33,34);11-12H,4-8H2,1-3H3,(H,21,22,23);3-6H,2,11H2,1H3,(H,13,14);;;;/q2*-2;;;;;. The van der Waals surface area contributed by atoms with Crippen molar-refractivity contribution in [2.75, 3.05) is 64.2 Å². The average molecular weight is 1590 g/mol. The van der Waals surface area contributed by atoms with Crippen LogP contribution in [0.1, 0.15) is 82.1 Å². The van der Waals surface area contributed by atoms with Gasteiger partial charge in [-0.3, -0.25) is 47.6 Å². The fourth-order valence-electron chi connectivity index (χ4n) is 10.8. The zero-order chi connectivity index (χ0) is 60.9. The fourth-order valence-corrected chi connectivity index (χ4v) is 14.6. The van der Waals surface area contributed by atoms with Crippen molar-refractivity contribution in [2.45, 2.75) is 104 Å². The summed E-state index contributed by atoms with van der Waals surface area (Å²) >= 11 is 2.43. The molecule has 2 aliphatic rings. The van der Waals surface area contributed by atoms with Crippen molar-refractivity contribution in [1.82, 2.24) is 55.2 Å². The first-order valence-corrected chi connectivity index (χ1v) is 32.8. The Bertz CT molecular complexity index is 4260. The maximum absolute atomic E-state index is 13.2. The number of hydrogen-bond donors (Lipinski definition) is 5. The number of amides is 1. The molecular weight excluding hydrogens is 1520 g/mol. The van der Waals surface area contributed by atoms with Gasteiger partial charge < -0.3 is 54.7 Å². The molecule has 0 bridgehead atoms. The minimum atomic E-state index is -3.80. The minimum Gasteiger partial charge on any atom is -0.399 e. The number of nitrogens with zero attached hydrogens (tertiary/aromatic N) is 11. The molecule has 6 aromatic heterocycles. The van der Waals surface area contributed by atoms with Crippen molar-refractivity contribution in [3.8, 4) is 22.3 Å². The average Bonchev–Trinajstić information content (AvgIpc) is 1.60. The Morgan fingerprint density at radius 1 is 0.556 bits per heavy atom. The van der Waals surface area contributed by atoms with Crippen LogP contribution in [-0.4, -0.2) is 117 Å². The van der Waals surface area contributed by atoms with Gasteiger partial charge in [-0.15, -0.1) is 20.4 Å². The second-order valence-corrected chi connectivity index (χ2v) is 26.5. The van der Waals surface area contributed by atoms with E-state index in [2.05, 4.69) is 128 Å². The normalized spacial score (nSPS) is 13.1. The molecule has 0 saturated carbocycles. The van der Waals surface area contributed by atoms with Crippen LogP contribution in [0.15, 0.2) is 83.4 Å². The molecule has 29 heteroatoms. The van der Waals surface area contributed by atoms with E-state index in [4.69, 9.17) is 5.73 Å². The Hall–Kier alpha value is -3.97. The number of nitrogens with one attached hydrogen (secondary N) is 4. The van der Waals surface area contributed by atoms with Crippen LogP contribution in [-0.2, 0) is 175 Å². The van der Waals surface area contributed by atoms with Crippen molar-refractivity contribution in [1.29, 1.82) is 0 Å². The van der Waals surface area contributed by atoms with Crippen molar-refractivity contribution in [2.24, 2.45) is 0 Å². The maximum Gasteiger partial charge on any atom is 0.263 e. The van der Waals surface area contributed by atoms with Crippen LogP contribution in [0.5, 0.6) is 0 Å². The van der Waals surface area contributed by atoms with Crippen LogP contribution >= 0.6 is 22.7 Å². The van der Waals surface area contributed by atoms with E-state index >= 15 is 0 Å². The molecular formula is C61H66N16O5S4Y4-4. The Kier molecular flexibility index (Phi) is 27.9. The number of piperidine rings is 1. The summed E-state index contributed by atoms with van der Waals surface area (Å²) in [5, 5.41) is 19.6. The number of piperazine rings is 1. The number of nitrogens with two attached hydrogens (primary N) is 1. The van der Waals surface area contributed by atoms with Crippen LogP contribution in [0.25, 0.3) is 44.3 Å². The summed E-state index contributed by atoms with van der Waals surface area (Å²) in [6, 6.07) is 25.9. The van der Waals surface area contributed by atoms with Gasteiger partial charge in [-0.25, -0.2) is 47.9 Å². The topological polar surface area (TPSA) is 280 Å². The summed E-state index contributed by atoms with van der Waals surface area (Å²) in [5.41, 5.74) is 19.3. The Morgan fingerprint density at radius 3 is 1.36 bits per heavy atom. The molecule has 0 aliphatic carbocycles. The number of fused-ring (bicyclic) bond motifs is 2. The number of aryl methyl sites for hydroxylation is 8. The first kappa shape index (κ1) is 75.1. The number of anilines is 5. The van der Waals surface area contributed by atoms with Crippen molar-refractivity contribution >= 4 is 98.3 Å². The third kappa shape index (κ3) is 17.9. The Labute approximate surface area is 634 Å². The first-order chi connectivity index (χ1) is 41.3. The second kappa shape index (κ2) is 33.4. The molecule has 90 heavy (non-hydrogen) atoms. The first-order valence-electron chi connectivity index (χ1n) is 28.2. The number of H-pyrrole nitrogens is 2. The number of benzene rings is 4. The molecule has 0 atom stereocenters. The molecule has 4 radical (unpaired) electrons. The van der Waals surface area contributed by atoms with Crippen LogP contribution in [0.2, 0.25) is 0 Å². The van der Waals surface area contributed by atoms with Gasteiger partial charge in [0.25, 0.3) is 20.0 Å². The van der Waals surface area contributed by atoms with Gasteiger partial charge in [0, 0.05) is 187 Å². The van der Waals surface area contributed by atoms with E-state index in [1.807, 2.05) is 38.8 Å². The van der Waals surface area contributed by atoms with Crippen LogP contribution < -0.4 is 25.0 Å². The molecule has 2 saturated heterocycles. The number of sulfonamides is 2. The van der Waals surface area contributed by atoms with Crippen molar-refractivity contribution in [3.63, 3.8) is 0 Å². The predicted octanol–water partition coefficient (Wildman–Crippen LogP) is 9.87. The van der Waals surface area contributed by atoms with E-state index in [1.165, 1.54) is 83.9 Å². The van der Waals surface area contributed by atoms with Gasteiger partial charge in [0.1, 0.15) is 45.6 Å². The maximum atomic E-state index is 13.2. The van der Waals surface area contributed by atoms with E-state index in [1.54, 1.807) is 24.8 Å². The summed E-state index contributed by atoms with van der Waals surface area (Å²) in [7, 11) is -7.43. The summed E-state index contributed by atoms with van der Waals surface area (Å²) in [5.74, 6) is 1.88. The van der Waals surface area contributed by atoms with Gasteiger partial charge >= 0.3 is 0 Å². The predicted molar refractivity (Wildman–Crippen MR) is 338 cm³/mol. The SMILES string of the molecule is CCc1nnc(NS(=O)(=O)c2ccc(CC(=O)N3CCN(c4ncnc5[nH]cc(-c6c(C)[c-]c(C)[c-]c6C)c45)CC3)cc2)s1.CCc1nnc(NS(=O)(=O)c2ccc(N)cc2)s1.Cc1[c-]c(C)c(-c2c[nH]c3ncnc(N4CCCCC4)c23)c(C)[c-]1.[Y].[Y].[Y].[Y]. The zero-order valence-electron chi connectivity index (χ0n) is 51.4. The van der Waals surface area contributed by atoms with E-state index in [0.717, 1.165) is 119 Å². The summed E-state index contributed by atoms with van der Waals surface area (Å²) in [6.45, 7) is 20.7. The number of aromatic nitrogens is 10. The van der Waals surface area contributed by atoms with Crippen LogP contribution in [0, 0.1) is 65.8 Å². The molecule has 0 spiro atoms. The Balaban J connectivity index is 0.000000236. The molecule has 21 nitrogen and oxygen atoms in total. The summed E-state index contributed by atoms with van der Waals surface area (Å²) in [4.78, 5) is 44.8. The van der Waals surface area contributed by atoms with Gasteiger partial charge in [-0.05, 0) is 86.5 Å². The molecule has 12 rings (SSSR count). The molecule has 8 heterocycles. The monoisotopic (exact) mass is 1590 g/mol. The Morgan fingerprint density at radius 2 is 0.956 bits per heavy atom. The smallest absolute Gasteiger partial charge is 0.263 e. The molecule has 2 aliphatic heterocycles. The molecule has 6 N–H and O–H groups in total. The molecule has 1 amide bonds. The van der Waals surface area contributed by atoms with E-state index in [9.17, 15) is 21.6 Å². The van der Waals surface area contributed by atoms with Crippen LogP contribution in [0.4, 0.5) is 27.6 Å². The van der Waals surface area contributed by atoms with Gasteiger partial charge in [-0.2, -0.15) is 0 Å². The summed E-state index contributed by atoms with van der Waals surface area (Å²) < 4.78 is 54.4. The molecule has 10 aromatic rings. The van der Waals surface area contributed by atoms with Crippen molar-refractivity contribution in [3.05, 3.63) is 147 Å². The number of rotatable bonds is 14. The molecule has 460 valence electrons. The molecule has 0 unspecified atom stereocenters. The quantitative estimate of drug-likeness (QED) is 0.0500. The number of aromatic amines is 2. The minimum absolute atomic E-state index is 0. The molecule has 4 aromatic carbocycles. The van der Waals surface area contributed by atoms with Gasteiger partial charge in [0.05, 0.1) is 16.2 Å². The van der Waals surface area contributed by atoms with Crippen molar-refractivity contribution < 1.29 is 152 Å². The van der Waals surface area contributed by atoms with Gasteiger partial charge in [-0.1, -0.05) is 101 Å². The molecule has 2 fully saturated rings. The van der Waals surface area contributed by atoms with E-state index < -0.39 is 20.0 Å². The van der Waals surface area contributed by atoms with E-state index in [-0.39, 0.29) is 163 Å². The van der Waals surface area contributed by atoms with Crippen LogP contribution in [0.3, 0.4) is 0 Å². The number of carbonyl (C=O) groups is 1.